The number of aryl methyl sites for hydroxylation is 1. The average Bonchev–Trinajstić information content (AvgIpc) is 2.62. The molecule has 0 fully saturated rings. The van der Waals surface area contributed by atoms with Crippen LogP contribution in [0.15, 0.2) is 24.4 Å². The molecule has 1 aromatic carbocycles. The zero-order chi connectivity index (χ0) is 12.6. The van der Waals surface area contributed by atoms with Gasteiger partial charge in [0.25, 0.3) is 0 Å². The molecule has 0 radical (unpaired) electrons. The van der Waals surface area contributed by atoms with Crippen molar-refractivity contribution in [1.29, 1.82) is 0 Å². The van der Waals surface area contributed by atoms with Crippen molar-refractivity contribution in [3.63, 3.8) is 0 Å². The quantitative estimate of drug-likeness (QED) is 0.834. The number of aromatic amines is 1. The Morgan fingerprint density at radius 2 is 2.06 bits per heavy atom. The van der Waals surface area contributed by atoms with E-state index in [9.17, 15) is 13.2 Å². The second-order valence-corrected chi connectivity index (χ2v) is 4.07. The van der Waals surface area contributed by atoms with Crippen molar-refractivity contribution in [1.82, 2.24) is 4.98 Å². The van der Waals surface area contributed by atoms with Crippen molar-refractivity contribution in [3.8, 4) is 0 Å². The van der Waals surface area contributed by atoms with Crippen LogP contribution >= 0.6 is 0 Å². The number of aromatic nitrogens is 1. The van der Waals surface area contributed by atoms with E-state index in [0.29, 0.717) is 10.9 Å². The second kappa shape index (κ2) is 4.07. The number of halogens is 3. The summed E-state index contributed by atoms with van der Waals surface area (Å²) in [7, 11) is 0. The van der Waals surface area contributed by atoms with E-state index in [1.165, 1.54) is 6.20 Å². The highest BCUT2D eigenvalue weighted by molar-refractivity contribution is 5.87. The van der Waals surface area contributed by atoms with Crippen LogP contribution in [0.4, 0.5) is 13.2 Å². The zero-order valence-electron chi connectivity index (χ0n) is 9.31. The molecule has 0 saturated heterocycles. The average molecular weight is 242 g/mol. The molecule has 1 aromatic heterocycles. The number of benzene rings is 1. The third-order valence-electron chi connectivity index (χ3n) is 2.95. The van der Waals surface area contributed by atoms with E-state index in [1.54, 1.807) is 19.1 Å². The smallest absolute Gasteiger partial charge is 0.361 e. The Morgan fingerprint density at radius 1 is 1.35 bits per heavy atom. The van der Waals surface area contributed by atoms with Crippen LogP contribution in [0, 0.1) is 6.92 Å². The van der Waals surface area contributed by atoms with Crippen molar-refractivity contribution < 1.29 is 13.2 Å². The predicted molar refractivity (Wildman–Crippen MR) is 60.9 cm³/mol. The van der Waals surface area contributed by atoms with Crippen molar-refractivity contribution in [2.75, 3.05) is 6.54 Å². The van der Waals surface area contributed by atoms with Crippen LogP contribution in [0.3, 0.4) is 0 Å². The summed E-state index contributed by atoms with van der Waals surface area (Å²) in [5.41, 5.74) is 7.02. The maximum absolute atomic E-state index is 12.8. The van der Waals surface area contributed by atoms with Crippen LogP contribution in [0.2, 0.25) is 0 Å². The van der Waals surface area contributed by atoms with Gasteiger partial charge in [0.05, 0.1) is 5.92 Å². The van der Waals surface area contributed by atoms with Crippen LogP contribution in [-0.4, -0.2) is 17.7 Å². The van der Waals surface area contributed by atoms with Crippen LogP contribution in [0.1, 0.15) is 17.0 Å². The largest absolute Gasteiger partial charge is 0.397 e. The summed E-state index contributed by atoms with van der Waals surface area (Å²) in [5.74, 6) is -1.61. The van der Waals surface area contributed by atoms with Crippen LogP contribution in [0.5, 0.6) is 0 Å². The molecule has 5 heteroatoms. The summed E-state index contributed by atoms with van der Waals surface area (Å²) in [4.78, 5) is 2.86. The molecule has 17 heavy (non-hydrogen) atoms. The van der Waals surface area contributed by atoms with Crippen molar-refractivity contribution in [2.24, 2.45) is 5.73 Å². The van der Waals surface area contributed by atoms with Gasteiger partial charge in [-0.15, -0.1) is 0 Å². The Hall–Kier alpha value is -1.49. The molecular weight excluding hydrogens is 229 g/mol. The molecule has 2 rings (SSSR count). The van der Waals surface area contributed by atoms with Crippen LogP contribution < -0.4 is 5.73 Å². The third-order valence-corrected chi connectivity index (χ3v) is 2.95. The van der Waals surface area contributed by atoms with Crippen LogP contribution in [0.25, 0.3) is 10.9 Å². The zero-order valence-corrected chi connectivity index (χ0v) is 9.31. The molecule has 0 aliphatic heterocycles. The van der Waals surface area contributed by atoms with Gasteiger partial charge in [0.1, 0.15) is 0 Å². The van der Waals surface area contributed by atoms with Gasteiger partial charge in [0, 0.05) is 23.6 Å². The van der Waals surface area contributed by atoms with Gasteiger partial charge < -0.3 is 10.7 Å². The van der Waals surface area contributed by atoms with Crippen LogP contribution in [-0.2, 0) is 0 Å². The number of nitrogens with two attached hydrogens (primary N) is 1. The van der Waals surface area contributed by atoms with E-state index >= 15 is 0 Å². The highest BCUT2D eigenvalue weighted by Gasteiger charge is 2.41. The molecule has 1 heterocycles. The fraction of sp³-hybridized carbons (Fsp3) is 0.333. The molecule has 0 amide bonds. The number of alkyl halides is 3. The Kier molecular flexibility index (Phi) is 2.87. The van der Waals surface area contributed by atoms with E-state index in [-0.39, 0.29) is 5.56 Å². The molecule has 0 bridgehead atoms. The number of hydrogen-bond donors (Lipinski definition) is 2. The fourth-order valence-electron chi connectivity index (χ4n) is 2.11. The lowest BCUT2D eigenvalue weighted by atomic mass is 9.96. The summed E-state index contributed by atoms with van der Waals surface area (Å²) >= 11 is 0. The summed E-state index contributed by atoms with van der Waals surface area (Å²) in [6, 6.07) is 5.36. The number of nitrogens with one attached hydrogen (secondary N) is 1. The maximum Gasteiger partial charge on any atom is 0.397 e. The van der Waals surface area contributed by atoms with Gasteiger partial charge in [-0.2, -0.15) is 13.2 Å². The second-order valence-electron chi connectivity index (χ2n) is 4.07. The molecule has 0 aliphatic rings. The van der Waals surface area contributed by atoms with Crippen molar-refractivity contribution in [2.45, 2.75) is 19.0 Å². The standard InChI is InChI=1S/C12H13F3N2/c1-7-3-2-4-10-11(7)8(6-17-10)9(5-16)12(13,14)15/h2-4,6,9,17H,5,16H2,1H3. The van der Waals surface area contributed by atoms with Gasteiger partial charge in [-0.1, -0.05) is 12.1 Å². The summed E-state index contributed by atoms with van der Waals surface area (Å²) in [5, 5.41) is 0.625. The first-order chi connectivity index (χ1) is 7.95. The SMILES string of the molecule is Cc1cccc2[nH]cc(C(CN)C(F)(F)F)c12. The lowest BCUT2D eigenvalue weighted by Crippen LogP contribution is -2.27. The van der Waals surface area contributed by atoms with E-state index in [0.717, 1.165) is 5.56 Å². The Bertz CT molecular complexity index is 528. The molecule has 1 unspecified atom stereocenters. The molecular formula is C12H13F3N2. The van der Waals surface area contributed by atoms with E-state index < -0.39 is 18.6 Å². The first-order valence-electron chi connectivity index (χ1n) is 5.28. The lowest BCUT2D eigenvalue weighted by Gasteiger charge is -2.18. The van der Waals surface area contributed by atoms with E-state index in [1.807, 2.05) is 6.07 Å². The number of H-pyrrole nitrogens is 1. The van der Waals surface area contributed by atoms with E-state index in [2.05, 4.69) is 4.98 Å². The predicted octanol–water partition coefficient (Wildman–Crippen LogP) is 3.08. The third kappa shape index (κ3) is 2.02. The lowest BCUT2D eigenvalue weighted by molar-refractivity contribution is -0.147. The first kappa shape index (κ1) is 12.0. The van der Waals surface area contributed by atoms with Gasteiger partial charge in [0.2, 0.25) is 0 Å². The van der Waals surface area contributed by atoms with Gasteiger partial charge in [-0.05, 0) is 24.1 Å². The molecule has 92 valence electrons. The molecule has 3 N–H and O–H groups in total. The van der Waals surface area contributed by atoms with Crippen molar-refractivity contribution in [3.05, 3.63) is 35.5 Å². The fourth-order valence-corrected chi connectivity index (χ4v) is 2.11. The minimum Gasteiger partial charge on any atom is -0.361 e. The highest BCUT2D eigenvalue weighted by atomic mass is 19.4. The van der Waals surface area contributed by atoms with Gasteiger partial charge in [0.15, 0.2) is 0 Å². The summed E-state index contributed by atoms with van der Waals surface area (Å²) in [6.07, 6.45) is -2.91. The molecule has 0 aliphatic carbocycles. The topological polar surface area (TPSA) is 41.8 Å². The number of rotatable bonds is 2. The van der Waals surface area contributed by atoms with E-state index in [4.69, 9.17) is 5.73 Å². The normalized spacial score (nSPS) is 14.2. The van der Waals surface area contributed by atoms with Crippen molar-refractivity contribution >= 4 is 10.9 Å². The Labute approximate surface area is 96.6 Å². The summed E-state index contributed by atoms with van der Waals surface area (Å²) in [6.45, 7) is 1.36. The minimum absolute atomic E-state index is 0.230. The molecule has 1 atom stereocenters. The highest BCUT2D eigenvalue weighted by Crippen LogP contribution is 2.38. The Morgan fingerprint density at radius 3 is 2.65 bits per heavy atom. The Balaban J connectivity index is 2.63. The minimum atomic E-state index is -4.31. The van der Waals surface area contributed by atoms with Gasteiger partial charge in [-0.3, -0.25) is 0 Å². The number of hydrogen-bond acceptors (Lipinski definition) is 1. The molecule has 0 spiro atoms. The maximum atomic E-state index is 12.8. The monoisotopic (exact) mass is 242 g/mol. The molecule has 0 saturated carbocycles. The van der Waals surface area contributed by atoms with Gasteiger partial charge in [-0.25, -0.2) is 0 Å². The van der Waals surface area contributed by atoms with Gasteiger partial charge >= 0.3 is 6.18 Å². The molecule has 2 aromatic rings. The number of fused-ring (bicyclic) bond motifs is 1. The first-order valence-corrected chi connectivity index (χ1v) is 5.28. The summed E-state index contributed by atoms with van der Waals surface area (Å²) < 4.78 is 38.5. The molecule has 2 nitrogen and oxygen atoms in total.